The summed E-state index contributed by atoms with van der Waals surface area (Å²) in [5.74, 6) is 0.624. The highest BCUT2D eigenvalue weighted by atomic mass is 16.5. The van der Waals surface area contributed by atoms with Crippen molar-refractivity contribution in [2.45, 2.75) is 45.1 Å². The van der Waals surface area contributed by atoms with Crippen molar-refractivity contribution in [1.29, 1.82) is 0 Å². The lowest BCUT2D eigenvalue weighted by atomic mass is 9.84. The van der Waals surface area contributed by atoms with Gasteiger partial charge in [-0.25, -0.2) is 0 Å². The molecule has 1 amide bonds. The van der Waals surface area contributed by atoms with Gasteiger partial charge in [-0.05, 0) is 25.7 Å². The first-order valence-electron chi connectivity index (χ1n) is 6.31. The van der Waals surface area contributed by atoms with Crippen molar-refractivity contribution >= 4 is 5.91 Å². The second kappa shape index (κ2) is 7.63. The quantitative estimate of drug-likeness (QED) is 0.668. The Balaban J connectivity index is 2.16. The third-order valence-electron chi connectivity index (χ3n) is 3.24. The van der Waals surface area contributed by atoms with E-state index < -0.39 is 0 Å². The summed E-state index contributed by atoms with van der Waals surface area (Å²) in [6.45, 7) is 3.14. The molecule has 0 aliphatic heterocycles. The maximum Gasteiger partial charge on any atom is 0.246 e. The fraction of sp³-hybridized carbons (Fsp3) is 0.917. The number of hydrogen-bond acceptors (Lipinski definition) is 3. The van der Waals surface area contributed by atoms with E-state index in [1.54, 1.807) is 0 Å². The van der Waals surface area contributed by atoms with Gasteiger partial charge in [0.2, 0.25) is 5.91 Å². The Morgan fingerprint density at radius 1 is 1.44 bits per heavy atom. The van der Waals surface area contributed by atoms with E-state index in [-0.39, 0.29) is 18.6 Å². The monoisotopic (exact) mass is 228 g/mol. The molecule has 0 spiro atoms. The third-order valence-corrected chi connectivity index (χ3v) is 3.24. The van der Waals surface area contributed by atoms with Gasteiger partial charge in [0, 0.05) is 12.6 Å². The molecule has 0 heterocycles. The van der Waals surface area contributed by atoms with E-state index >= 15 is 0 Å². The molecule has 1 saturated carbocycles. The van der Waals surface area contributed by atoms with Crippen LogP contribution in [0.4, 0.5) is 0 Å². The second-order valence-corrected chi connectivity index (χ2v) is 4.60. The normalized spacial score (nSPS) is 19.4. The van der Waals surface area contributed by atoms with Crippen LogP contribution in [-0.2, 0) is 9.53 Å². The summed E-state index contributed by atoms with van der Waals surface area (Å²) < 4.78 is 5.10. The number of carbonyl (C=O) groups excluding carboxylic acids is 1. The van der Waals surface area contributed by atoms with Crippen molar-refractivity contribution in [3.63, 3.8) is 0 Å². The molecule has 4 nitrogen and oxygen atoms in total. The van der Waals surface area contributed by atoms with E-state index in [1.165, 1.54) is 32.1 Å². The lowest BCUT2D eigenvalue weighted by Crippen LogP contribution is -2.40. The zero-order valence-electron chi connectivity index (χ0n) is 10.2. The minimum atomic E-state index is -0.0217. The van der Waals surface area contributed by atoms with E-state index in [1.807, 2.05) is 0 Å². The fourth-order valence-corrected chi connectivity index (χ4v) is 2.30. The van der Waals surface area contributed by atoms with Gasteiger partial charge in [0.05, 0.1) is 6.61 Å². The van der Waals surface area contributed by atoms with E-state index in [2.05, 4.69) is 12.2 Å². The Bertz CT molecular complexity index is 203. The topological polar surface area (TPSA) is 64.3 Å². The van der Waals surface area contributed by atoms with Gasteiger partial charge in [0.25, 0.3) is 0 Å². The molecule has 1 fully saturated rings. The summed E-state index contributed by atoms with van der Waals surface area (Å²) in [6, 6.07) is 0.272. The van der Waals surface area contributed by atoms with E-state index in [4.69, 9.17) is 10.5 Å². The van der Waals surface area contributed by atoms with Crippen LogP contribution in [0.25, 0.3) is 0 Å². The number of amides is 1. The zero-order valence-corrected chi connectivity index (χ0v) is 10.2. The van der Waals surface area contributed by atoms with Crippen molar-refractivity contribution in [3.8, 4) is 0 Å². The van der Waals surface area contributed by atoms with Crippen LogP contribution < -0.4 is 11.1 Å². The number of nitrogens with two attached hydrogens (primary N) is 1. The summed E-state index contributed by atoms with van der Waals surface area (Å²) in [5.41, 5.74) is 5.28. The first-order valence-corrected chi connectivity index (χ1v) is 6.31. The van der Waals surface area contributed by atoms with Crippen LogP contribution in [0.2, 0.25) is 0 Å². The second-order valence-electron chi connectivity index (χ2n) is 4.60. The molecule has 16 heavy (non-hydrogen) atoms. The van der Waals surface area contributed by atoms with Crippen LogP contribution in [0.1, 0.15) is 39.0 Å². The first-order chi connectivity index (χ1) is 7.74. The molecule has 1 aliphatic carbocycles. The van der Waals surface area contributed by atoms with Crippen LogP contribution >= 0.6 is 0 Å². The van der Waals surface area contributed by atoms with Crippen molar-refractivity contribution in [3.05, 3.63) is 0 Å². The van der Waals surface area contributed by atoms with Crippen molar-refractivity contribution < 1.29 is 9.53 Å². The Morgan fingerprint density at radius 3 is 2.75 bits per heavy atom. The molecule has 4 heteroatoms. The number of hydrogen-bond donors (Lipinski definition) is 2. The largest absolute Gasteiger partial charge is 0.370 e. The van der Waals surface area contributed by atoms with Crippen LogP contribution in [-0.4, -0.2) is 31.7 Å². The first kappa shape index (κ1) is 13.5. The van der Waals surface area contributed by atoms with Gasteiger partial charge >= 0.3 is 0 Å². The number of ether oxygens (including phenoxy) is 1. The van der Waals surface area contributed by atoms with Crippen LogP contribution in [0.15, 0.2) is 0 Å². The van der Waals surface area contributed by atoms with Crippen LogP contribution in [0.5, 0.6) is 0 Å². The Morgan fingerprint density at radius 2 is 2.12 bits per heavy atom. The molecular weight excluding hydrogens is 204 g/mol. The molecule has 1 rings (SSSR count). The highest BCUT2D eigenvalue weighted by molar-refractivity contribution is 5.77. The molecule has 3 N–H and O–H groups in total. The fourth-order valence-electron chi connectivity index (χ4n) is 2.30. The van der Waals surface area contributed by atoms with Gasteiger partial charge in [-0.2, -0.15) is 0 Å². The molecule has 0 aromatic heterocycles. The summed E-state index contributed by atoms with van der Waals surface area (Å²) >= 11 is 0. The minimum Gasteiger partial charge on any atom is -0.370 e. The molecule has 1 aliphatic rings. The highest BCUT2D eigenvalue weighted by Gasteiger charge is 2.21. The van der Waals surface area contributed by atoms with Crippen molar-refractivity contribution in [2.24, 2.45) is 11.7 Å². The summed E-state index contributed by atoms with van der Waals surface area (Å²) in [6.07, 6.45) is 6.43. The predicted octanol–water partition coefficient (Wildman–Crippen LogP) is 1.05. The highest BCUT2D eigenvalue weighted by Crippen LogP contribution is 2.26. The predicted molar refractivity (Wildman–Crippen MR) is 64.1 cm³/mol. The summed E-state index contributed by atoms with van der Waals surface area (Å²) in [7, 11) is 0. The van der Waals surface area contributed by atoms with Crippen LogP contribution in [0, 0.1) is 5.92 Å². The molecule has 94 valence electrons. The van der Waals surface area contributed by atoms with Gasteiger partial charge in [-0.15, -0.1) is 0 Å². The molecule has 0 aromatic rings. The SMILES string of the molecule is CC(NC(=O)COCCN)C1CCCCC1. The molecule has 0 aromatic carbocycles. The Kier molecular flexibility index (Phi) is 6.42. The van der Waals surface area contributed by atoms with Gasteiger partial charge in [-0.3, -0.25) is 4.79 Å². The maximum atomic E-state index is 11.5. The van der Waals surface area contributed by atoms with Gasteiger partial charge in [0.15, 0.2) is 0 Å². The lowest BCUT2D eigenvalue weighted by Gasteiger charge is -2.28. The maximum absolute atomic E-state index is 11.5. The van der Waals surface area contributed by atoms with E-state index in [0.29, 0.717) is 19.1 Å². The Hall–Kier alpha value is -0.610. The summed E-state index contributed by atoms with van der Waals surface area (Å²) in [5, 5.41) is 3.00. The molecular formula is C12H24N2O2. The van der Waals surface area contributed by atoms with E-state index in [9.17, 15) is 4.79 Å². The minimum absolute atomic E-state index is 0.0217. The van der Waals surface area contributed by atoms with Crippen molar-refractivity contribution in [1.82, 2.24) is 5.32 Å². The molecule has 0 saturated heterocycles. The summed E-state index contributed by atoms with van der Waals surface area (Å²) in [4.78, 5) is 11.5. The van der Waals surface area contributed by atoms with Gasteiger partial charge in [-0.1, -0.05) is 19.3 Å². The van der Waals surface area contributed by atoms with Gasteiger partial charge < -0.3 is 15.8 Å². The number of nitrogens with one attached hydrogen (secondary N) is 1. The van der Waals surface area contributed by atoms with Crippen LogP contribution in [0.3, 0.4) is 0 Å². The Labute approximate surface area is 97.9 Å². The smallest absolute Gasteiger partial charge is 0.246 e. The van der Waals surface area contributed by atoms with Crippen molar-refractivity contribution in [2.75, 3.05) is 19.8 Å². The third kappa shape index (κ3) is 4.94. The number of carbonyl (C=O) groups is 1. The van der Waals surface area contributed by atoms with Gasteiger partial charge in [0.1, 0.15) is 6.61 Å². The molecule has 0 radical (unpaired) electrons. The average molecular weight is 228 g/mol. The lowest BCUT2D eigenvalue weighted by molar-refractivity contribution is -0.126. The molecule has 1 unspecified atom stereocenters. The molecule has 1 atom stereocenters. The van der Waals surface area contributed by atoms with E-state index in [0.717, 1.165) is 0 Å². The average Bonchev–Trinajstić information content (AvgIpc) is 2.30. The molecule has 0 bridgehead atoms. The standard InChI is InChI=1S/C12H24N2O2/c1-10(11-5-3-2-4-6-11)14-12(15)9-16-8-7-13/h10-11H,2-9,13H2,1H3,(H,14,15). The zero-order chi connectivity index (χ0) is 11.8. The number of rotatable bonds is 6.